The Morgan fingerprint density at radius 3 is 1.91 bits per heavy atom. The molecule has 4 aromatic carbocycles. The maximum absolute atomic E-state index is 11.7. The molecule has 2 heterocycles. The number of nitrogens with zero attached hydrogens (tertiary/aromatic N) is 3. The highest BCUT2D eigenvalue weighted by Gasteiger charge is 2.08. The van der Waals surface area contributed by atoms with Gasteiger partial charge in [-0.2, -0.15) is 4.98 Å². The number of H-pyrrole nitrogens is 1. The molecule has 1 N–H and O–H groups in total. The van der Waals surface area contributed by atoms with Gasteiger partial charge in [-0.05, 0) is 23.7 Å². The molecule has 6 heteroatoms. The lowest BCUT2D eigenvalue weighted by atomic mass is 10.1. The van der Waals surface area contributed by atoms with E-state index in [1.165, 1.54) is 0 Å². The van der Waals surface area contributed by atoms with E-state index in [4.69, 9.17) is 25.3 Å². The third-order valence-corrected chi connectivity index (χ3v) is 4.86. The normalized spacial score (nSPS) is 14.7. The zero-order chi connectivity index (χ0) is 32.0. The number of aromatic nitrogens is 4. The first-order valence-electron chi connectivity index (χ1n) is 14.9. The fourth-order valence-corrected chi connectivity index (χ4v) is 3.45. The summed E-state index contributed by atoms with van der Waals surface area (Å²) >= 11 is 5.91. The van der Waals surface area contributed by atoms with Crippen LogP contribution in [0.4, 0.5) is 0 Å². The fraction of sp³-hybridized carbons (Fsp3) is 0. The summed E-state index contributed by atoms with van der Waals surface area (Å²) in [5.41, 5.74) is 0.651. The molecule has 0 saturated heterocycles. The number of para-hydroxylation sites is 2. The van der Waals surface area contributed by atoms with E-state index in [0.29, 0.717) is 21.8 Å². The molecule has 0 radical (unpaired) electrons. The maximum Gasteiger partial charge on any atom is 0.345 e. The highest BCUT2D eigenvalue weighted by molar-refractivity contribution is 6.28. The van der Waals surface area contributed by atoms with Gasteiger partial charge >= 0.3 is 5.69 Å². The van der Waals surface area contributed by atoms with Gasteiger partial charge in [-0.25, -0.2) is 14.8 Å². The molecule has 2 aromatic heterocycles. The molecule has 0 aliphatic rings. The maximum atomic E-state index is 11.7. The minimum absolute atomic E-state index is 0.0199. The van der Waals surface area contributed by atoms with Gasteiger partial charge in [0.1, 0.15) is 0 Å². The quantitative estimate of drug-likeness (QED) is 0.290. The van der Waals surface area contributed by atoms with Gasteiger partial charge in [0.2, 0.25) is 5.28 Å². The first-order valence-corrected chi connectivity index (χ1v) is 10.3. The van der Waals surface area contributed by atoms with Crippen LogP contribution in [0.3, 0.4) is 0 Å². The van der Waals surface area contributed by atoms with Crippen molar-refractivity contribution in [2.24, 2.45) is 0 Å². The van der Waals surface area contributed by atoms with Crippen molar-refractivity contribution in [2.45, 2.75) is 0 Å². The zero-order valence-electron chi connectivity index (χ0n) is 27.2. The summed E-state index contributed by atoms with van der Waals surface area (Å²) in [5.74, 6) is 0. The van der Waals surface area contributed by atoms with E-state index in [1.54, 1.807) is 48.5 Å². The van der Waals surface area contributed by atoms with E-state index >= 15 is 0 Å². The van der Waals surface area contributed by atoms with Gasteiger partial charge in [-0.3, -0.25) is 0 Å². The van der Waals surface area contributed by atoms with Gasteiger partial charge < -0.3 is 4.98 Å². The van der Waals surface area contributed by atoms with E-state index in [1.807, 2.05) is 0 Å². The number of hydrogen-bond donors (Lipinski definition) is 1. The first kappa shape index (κ1) is 12.8. The van der Waals surface area contributed by atoms with Gasteiger partial charge in [-0.15, -0.1) is 0 Å². The molecule has 164 valence electrons. The van der Waals surface area contributed by atoms with Gasteiger partial charge in [0, 0.05) is 21.9 Å². The van der Waals surface area contributed by atoms with Crippen molar-refractivity contribution in [3.63, 3.8) is 0 Å². The Morgan fingerprint density at radius 1 is 0.676 bits per heavy atom. The van der Waals surface area contributed by atoms with Gasteiger partial charge in [0.05, 0.1) is 36.1 Å². The molecule has 0 saturated carbocycles. The number of aromatic amines is 1. The Morgan fingerprint density at radius 2 is 1.24 bits per heavy atom. The largest absolute Gasteiger partial charge is 0.345 e. The SMILES string of the molecule is [2H]c1c([2H])c([2H])c(-c2nc(=O)[nH]c3ccccc23)c([2H])c1[2H].[2H]c1c([2H])c([2H])c(-c2nc(Cl)nc3ccccc23)c([2H])c1[2H]. The molecule has 0 unspecified atom stereocenters. The number of fused-ring (bicyclic) bond motifs is 2. The Kier molecular flexibility index (Phi) is 3.62. The first-order chi connectivity index (χ1) is 20.8. The molecule has 0 amide bonds. The summed E-state index contributed by atoms with van der Waals surface area (Å²) in [6.07, 6.45) is 0. The standard InChI is InChI=1S/C14H9ClN2.C14H10N2O/c15-14-16-12-9-5-4-8-11(12)13(17-14)10-6-2-1-3-7-10;17-14-15-12-9-5-4-8-11(12)13(16-14)10-6-2-1-3-7-10/h1-9H;1-9H,(H,15,16,17)/i2*1D,2D,3D,6D,7D. The molecule has 5 nitrogen and oxygen atoms in total. The van der Waals surface area contributed by atoms with Crippen molar-refractivity contribution in [1.82, 2.24) is 19.9 Å². The van der Waals surface area contributed by atoms with Crippen LogP contribution in [0.25, 0.3) is 44.3 Å². The molecule has 6 aromatic rings. The third kappa shape index (κ3) is 4.56. The second-order valence-electron chi connectivity index (χ2n) is 6.79. The second kappa shape index (κ2) is 9.65. The van der Waals surface area contributed by atoms with Crippen LogP contribution in [0.1, 0.15) is 13.7 Å². The van der Waals surface area contributed by atoms with Crippen LogP contribution in [0.5, 0.6) is 0 Å². The average Bonchev–Trinajstić information content (AvgIpc) is 3.01. The average molecular weight is 473 g/mol. The van der Waals surface area contributed by atoms with Crippen molar-refractivity contribution in [1.29, 1.82) is 0 Å². The molecule has 0 bridgehead atoms. The molecular weight excluding hydrogens is 444 g/mol. The van der Waals surface area contributed by atoms with Gasteiger partial charge in [0.25, 0.3) is 0 Å². The number of rotatable bonds is 2. The van der Waals surface area contributed by atoms with Crippen molar-refractivity contribution in [2.75, 3.05) is 0 Å². The van der Waals surface area contributed by atoms with Crippen LogP contribution in [-0.4, -0.2) is 19.9 Å². The number of hydrogen-bond acceptors (Lipinski definition) is 4. The number of benzene rings is 4. The van der Waals surface area contributed by atoms with E-state index in [-0.39, 0.29) is 52.0 Å². The van der Waals surface area contributed by atoms with Crippen molar-refractivity contribution < 1.29 is 13.7 Å². The van der Waals surface area contributed by atoms with E-state index < -0.39 is 41.9 Å². The molecular formula is C28H19ClN4O. The summed E-state index contributed by atoms with van der Waals surface area (Å²) in [4.78, 5) is 26.3. The minimum Gasteiger partial charge on any atom is -0.305 e. The molecule has 6 rings (SSSR count). The van der Waals surface area contributed by atoms with Crippen LogP contribution < -0.4 is 5.69 Å². The summed E-state index contributed by atoms with van der Waals surface area (Å²) in [6, 6.07) is 9.74. The lowest BCUT2D eigenvalue weighted by Crippen LogP contribution is -2.11. The molecule has 0 spiro atoms. The van der Waals surface area contributed by atoms with Crippen molar-refractivity contribution >= 4 is 33.4 Å². The monoisotopic (exact) mass is 472 g/mol. The number of halogens is 1. The molecule has 0 atom stereocenters. The second-order valence-corrected chi connectivity index (χ2v) is 7.13. The lowest BCUT2D eigenvalue weighted by Gasteiger charge is -2.05. The van der Waals surface area contributed by atoms with Crippen LogP contribution in [0, 0.1) is 0 Å². The fourth-order valence-electron chi connectivity index (χ4n) is 3.27. The van der Waals surface area contributed by atoms with Gasteiger partial charge in [-0.1, -0.05) is 96.8 Å². The predicted octanol–water partition coefficient (Wildman–Crippen LogP) is 6.54. The molecule has 34 heavy (non-hydrogen) atoms. The Balaban J connectivity index is 0.000000175. The smallest absolute Gasteiger partial charge is 0.305 e. The van der Waals surface area contributed by atoms with E-state index in [2.05, 4.69) is 19.9 Å². The van der Waals surface area contributed by atoms with E-state index in [9.17, 15) is 4.79 Å². The van der Waals surface area contributed by atoms with Crippen LogP contribution in [0.15, 0.2) is 114 Å². The van der Waals surface area contributed by atoms with Crippen molar-refractivity contribution in [3.8, 4) is 22.5 Å². The van der Waals surface area contributed by atoms with Crippen LogP contribution in [0.2, 0.25) is 5.28 Å². The van der Waals surface area contributed by atoms with Gasteiger partial charge in [0.15, 0.2) is 0 Å². The molecule has 0 fully saturated rings. The highest BCUT2D eigenvalue weighted by Crippen LogP contribution is 2.27. The van der Waals surface area contributed by atoms with Crippen LogP contribution >= 0.6 is 11.6 Å². The predicted molar refractivity (Wildman–Crippen MR) is 138 cm³/mol. The third-order valence-electron chi connectivity index (χ3n) is 4.69. The van der Waals surface area contributed by atoms with Crippen LogP contribution in [-0.2, 0) is 0 Å². The Labute approximate surface area is 214 Å². The minimum atomic E-state index is -0.638. The summed E-state index contributed by atoms with van der Waals surface area (Å²) < 4.78 is 78.3. The highest BCUT2D eigenvalue weighted by atomic mass is 35.5. The summed E-state index contributed by atoms with van der Waals surface area (Å²) in [6.45, 7) is 0. The molecule has 0 aliphatic heterocycles. The van der Waals surface area contributed by atoms with Crippen molar-refractivity contribution in [3.05, 3.63) is 125 Å². The summed E-state index contributed by atoms with van der Waals surface area (Å²) in [7, 11) is 0. The topological polar surface area (TPSA) is 71.5 Å². The Bertz CT molecular complexity index is 2130. The Hall–Kier alpha value is -4.35. The molecule has 0 aliphatic carbocycles. The lowest BCUT2D eigenvalue weighted by molar-refractivity contribution is 1.12. The zero-order valence-corrected chi connectivity index (χ0v) is 18.0. The van der Waals surface area contributed by atoms with E-state index in [0.717, 1.165) is 0 Å². The number of nitrogens with one attached hydrogen (secondary N) is 1. The summed E-state index contributed by atoms with van der Waals surface area (Å²) in [5, 5.41) is 1.05.